The molecule has 1 aliphatic rings. The zero-order chi connectivity index (χ0) is 19.4. The lowest BCUT2D eigenvalue weighted by molar-refractivity contribution is -0.139. The molecule has 2 aromatic carbocycles. The summed E-state index contributed by atoms with van der Waals surface area (Å²) < 4.78 is 4.60. The Hall–Kier alpha value is -3.48. The van der Waals surface area contributed by atoms with Gasteiger partial charge in [-0.1, -0.05) is 24.3 Å². The van der Waals surface area contributed by atoms with Gasteiger partial charge >= 0.3 is 5.97 Å². The van der Waals surface area contributed by atoms with Gasteiger partial charge in [-0.25, -0.2) is 0 Å². The van der Waals surface area contributed by atoms with E-state index in [9.17, 15) is 19.2 Å². The van der Waals surface area contributed by atoms with Crippen molar-refractivity contribution in [3.63, 3.8) is 0 Å². The summed E-state index contributed by atoms with van der Waals surface area (Å²) in [4.78, 5) is 49.0. The Morgan fingerprint density at radius 1 is 0.963 bits per heavy atom. The maximum absolute atomic E-state index is 12.3. The number of imide groups is 1. The highest BCUT2D eigenvalue weighted by atomic mass is 16.5. The molecule has 0 radical (unpaired) electrons. The highest BCUT2D eigenvalue weighted by Gasteiger charge is 2.34. The molecule has 0 unspecified atom stereocenters. The monoisotopic (exact) mass is 366 g/mol. The molecule has 0 saturated heterocycles. The van der Waals surface area contributed by atoms with Crippen LogP contribution in [0, 0.1) is 0 Å². The lowest BCUT2D eigenvalue weighted by Gasteiger charge is -2.13. The van der Waals surface area contributed by atoms with E-state index in [0.717, 1.165) is 10.5 Å². The minimum absolute atomic E-state index is 0.00458. The summed E-state index contributed by atoms with van der Waals surface area (Å²) in [5.74, 6) is -1.41. The van der Waals surface area contributed by atoms with Crippen molar-refractivity contribution in [3.8, 4) is 0 Å². The SMILES string of the molecule is COC(=O)Cc1ccc(NC(=O)CCN2C(=O)c3ccccc3C2=O)cc1. The number of carbonyl (C=O) groups is 4. The van der Waals surface area contributed by atoms with E-state index in [4.69, 9.17) is 0 Å². The van der Waals surface area contributed by atoms with Crippen LogP contribution in [-0.4, -0.2) is 42.2 Å². The van der Waals surface area contributed by atoms with E-state index in [1.165, 1.54) is 7.11 Å². The molecule has 27 heavy (non-hydrogen) atoms. The van der Waals surface area contributed by atoms with Gasteiger partial charge in [-0.05, 0) is 29.8 Å². The first-order chi connectivity index (χ1) is 13.0. The number of anilines is 1. The van der Waals surface area contributed by atoms with Crippen molar-refractivity contribution in [2.75, 3.05) is 19.0 Å². The van der Waals surface area contributed by atoms with E-state index in [1.54, 1.807) is 48.5 Å². The molecule has 7 nitrogen and oxygen atoms in total. The van der Waals surface area contributed by atoms with Crippen molar-refractivity contribution in [1.29, 1.82) is 0 Å². The second-order valence-corrected chi connectivity index (χ2v) is 6.06. The number of fused-ring (bicyclic) bond motifs is 1. The number of ether oxygens (including phenoxy) is 1. The summed E-state index contributed by atoms with van der Waals surface area (Å²) in [6, 6.07) is 13.4. The summed E-state index contributed by atoms with van der Waals surface area (Å²) in [6.45, 7) is 0.0125. The Labute approximate surface area is 155 Å². The van der Waals surface area contributed by atoms with E-state index in [1.807, 2.05) is 0 Å². The molecular formula is C20H18N2O5. The Balaban J connectivity index is 1.54. The molecular weight excluding hydrogens is 348 g/mol. The number of nitrogens with one attached hydrogen (secondary N) is 1. The van der Waals surface area contributed by atoms with E-state index in [-0.39, 0.29) is 43.1 Å². The van der Waals surface area contributed by atoms with E-state index in [0.29, 0.717) is 16.8 Å². The number of esters is 1. The van der Waals surface area contributed by atoms with Crippen molar-refractivity contribution in [3.05, 3.63) is 65.2 Å². The van der Waals surface area contributed by atoms with Crippen molar-refractivity contribution >= 4 is 29.4 Å². The van der Waals surface area contributed by atoms with Crippen LogP contribution in [0.3, 0.4) is 0 Å². The van der Waals surface area contributed by atoms with Gasteiger partial charge < -0.3 is 10.1 Å². The Morgan fingerprint density at radius 3 is 2.11 bits per heavy atom. The number of nitrogens with zero attached hydrogens (tertiary/aromatic N) is 1. The fourth-order valence-corrected chi connectivity index (χ4v) is 2.82. The van der Waals surface area contributed by atoms with Gasteiger partial charge in [0.1, 0.15) is 0 Å². The second-order valence-electron chi connectivity index (χ2n) is 6.06. The Kier molecular flexibility index (Phi) is 5.30. The number of benzene rings is 2. The molecule has 1 aliphatic heterocycles. The standard InChI is InChI=1S/C20H18N2O5/c1-27-18(24)12-13-6-8-14(9-7-13)21-17(23)10-11-22-19(25)15-4-2-3-5-16(15)20(22)26/h2-9H,10-12H2,1H3,(H,21,23). The Bertz CT molecular complexity index is 870. The van der Waals surface area contributed by atoms with Crippen LogP contribution < -0.4 is 5.32 Å². The van der Waals surface area contributed by atoms with Crippen LogP contribution in [-0.2, 0) is 20.7 Å². The van der Waals surface area contributed by atoms with Crippen molar-refractivity contribution in [2.24, 2.45) is 0 Å². The molecule has 0 fully saturated rings. The smallest absolute Gasteiger partial charge is 0.309 e. The molecule has 0 atom stereocenters. The number of hydrogen-bond acceptors (Lipinski definition) is 5. The first-order valence-electron chi connectivity index (χ1n) is 8.40. The summed E-state index contributed by atoms with van der Waals surface area (Å²) in [6.07, 6.45) is 0.153. The van der Waals surface area contributed by atoms with Crippen molar-refractivity contribution < 1.29 is 23.9 Å². The molecule has 138 valence electrons. The minimum Gasteiger partial charge on any atom is -0.469 e. The highest BCUT2D eigenvalue weighted by molar-refractivity contribution is 6.21. The molecule has 0 bridgehead atoms. The molecule has 3 rings (SSSR count). The topological polar surface area (TPSA) is 92.8 Å². The highest BCUT2D eigenvalue weighted by Crippen LogP contribution is 2.22. The van der Waals surface area contributed by atoms with Crippen LogP contribution in [0.5, 0.6) is 0 Å². The van der Waals surface area contributed by atoms with Gasteiger partial charge in [0, 0.05) is 18.7 Å². The third-order valence-corrected chi connectivity index (χ3v) is 4.25. The summed E-state index contributed by atoms with van der Waals surface area (Å²) in [5.41, 5.74) is 2.06. The van der Waals surface area contributed by atoms with Gasteiger partial charge in [0.15, 0.2) is 0 Å². The number of hydrogen-bond donors (Lipinski definition) is 1. The van der Waals surface area contributed by atoms with Crippen LogP contribution in [0.2, 0.25) is 0 Å². The zero-order valence-electron chi connectivity index (χ0n) is 14.7. The predicted octanol–water partition coefficient (Wildman–Crippen LogP) is 2.03. The average molecular weight is 366 g/mol. The van der Waals surface area contributed by atoms with Crippen LogP contribution in [0.4, 0.5) is 5.69 Å². The fourth-order valence-electron chi connectivity index (χ4n) is 2.82. The minimum atomic E-state index is -0.379. The third-order valence-electron chi connectivity index (χ3n) is 4.25. The van der Waals surface area contributed by atoms with Gasteiger partial charge in [-0.15, -0.1) is 0 Å². The molecule has 3 amide bonds. The van der Waals surface area contributed by atoms with Crippen LogP contribution in [0.15, 0.2) is 48.5 Å². The van der Waals surface area contributed by atoms with Crippen LogP contribution in [0.25, 0.3) is 0 Å². The van der Waals surface area contributed by atoms with E-state index >= 15 is 0 Å². The molecule has 1 N–H and O–H groups in total. The normalized spacial score (nSPS) is 12.7. The van der Waals surface area contributed by atoms with Gasteiger partial charge in [0.05, 0.1) is 24.7 Å². The van der Waals surface area contributed by atoms with Crippen molar-refractivity contribution in [1.82, 2.24) is 4.90 Å². The Morgan fingerprint density at radius 2 is 1.56 bits per heavy atom. The van der Waals surface area contributed by atoms with E-state index < -0.39 is 0 Å². The molecule has 0 aromatic heterocycles. The number of carbonyl (C=O) groups excluding carboxylic acids is 4. The molecule has 7 heteroatoms. The molecule has 2 aromatic rings. The summed E-state index contributed by atoms with van der Waals surface area (Å²) >= 11 is 0. The molecule has 0 aliphatic carbocycles. The third kappa shape index (κ3) is 4.03. The number of amides is 3. The quantitative estimate of drug-likeness (QED) is 0.624. The first kappa shape index (κ1) is 18.3. The van der Waals surface area contributed by atoms with Gasteiger partial charge in [-0.2, -0.15) is 0 Å². The van der Waals surface area contributed by atoms with Crippen molar-refractivity contribution in [2.45, 2.75) is 12.8 Å². The van der Waals surface area contributed by atoms with Gasteiger partial charge in [0.25, 0.3) is 11.8 Å². The first-order valence-corrected chi connectivity index (χ1v) is 8.40. The molecule has 0 spiro atoms. The lowest BCUT2D eigenvalue weighted by Crippen LogP contribution is -2.32. The summed E-state index contributed by atoms with van der Waals surface area (Å²) in [5, 5.41) is 2.71. The van der Waals surface area contributed by atoms with Gasteiger partial charge in [-0.3, -0.25) is 24.1 Å². The predicted molar refractivity (Wildman–Crippen MR) is 97.2 cm³/mol. The van der Waals surface area contributed by atoms with Crippen LogP contribution in [0.1, 0.15) is 32.7 Å². The fraction of sp³-hybridized carbons (Fsp3) is 0.200. The number of methoxy groups -OCH3 is 1. The van der Waals surface area contributed by atoms with Gasteiger partial charge in [0.2, 0.25) is 5.91 Å². The van der Waals surface area contributed by atoms with E-state index in [2.05, 4.69) is 10.1 Å². The average Bonchev–Trinajstić information content (AvgIpc) is 2.92. The largest absolute Gasteiger partial charge is 0.469 e. The van der Waals surface area contributed by atoms with Crippen LogP contribution >= 0.6 is 0 Å². The maximum Gasteiger partial charge on any atom is 0.309 e. The lowest BCUT2D eigenvalue weighted by atomic mass is 10.1. The molecule has 1 heterocycles. The zero-order valence-corrected chi connectivity index (χ0v) is 14.7. The summed E-state index contributed by atoms with van der Waals surface area (Å²) in [7, 11) is 1.32. The molecule has 0 saturated carbocycles. The maximum atomic E-state index is 12.3. The second kappa shape index (κ2) is 7.82. The number of rotatable bonds is 6.